The molecule has 1 atom stereocenters. The number of nitrogens with one attached hydrogen (secondary N) is 1. The molecule has 3 rings (SSSR count). The SMILES string of the molecule is Fc1ccc(-c2noc(CC3CCNC3)n2)nc1. The van der Waals surface area contributed by atoms with E-state index < -0.39 is 0 Å². The molecule has 0 amide bonds. The van der Waals surface area contributed by atoms with E-state index in [1.165, 1.54) is 6.07 Å². The average Bonchev–Trinajstić information content (AvgIpc) is 3.02. The fraction of sp³-hybridized carbons (Fsp3) is 0.417. The molecular weight excluding hydrogens is 235 g/mol. The van der Waals surface area contributed by atoms with E-state index in [2.05, 4.69) is 20.4 Å². The third-order valence-corrected chi connectivity index (χ3v) is 3.05. The van der Waals surface area contributed by atoms with Crippen LogP contribution in [0.2, 0.25) is 0 Å². The molecule has 1 aliphatic heterocycles. The van der Waals surface area contributed by atoms with Gasteiger partial charge in [0.25, 0.3) is 0 Å². The minimum absolute atomic E-state index is 0.375. The summed E-state index contributed by atoms with van der Waals surface area (Å²) >= 11 is 0. The van der Waals surface area contributed by atoms with Gasteiger partial charge in [-0.15, -0.1) is 0 Å². The molecule has 5 nitrogen and oxygen atoms in total. The molecule has 18 heavy (non-hydrogen) atoms. The molecule has 0 spiro atoms. The summed E-state index contributed by atoms with van der Waals surface area (Å²) < 4.78 is 17.9. The number of aromatic nitrogens is 3. The number of rotatable bonds is 3. The first-order chi connectivity index (χ1) is 8.81. The van der Waals surface area contributed by atoms with Crippen molar-refractivity contribution in [3.05, 3.63) is 30.0 Å². The maximum atomic E-state index is 12.7. The van der Waals surface area contributed by atoms with E-state index >= 15 is 0 Å². The van der Waals surface area contributed by atoms with Crippen molar-refractivity contribution in [2.45, 2.75) is 12.8 Å². The lowest BCUT2D eigenvalue weighted by Crippen LogP contribution is -2.10. The smallest absolute Gasteiger partial charge is 0.227 e. The van der Waals surface area contributed by atoms with Gasteiger partial charge in [0.1, 0.15) is 11.5 Å². The summed E-state index contributed by atoms with van der Waals surface area (Å²) in [5, 5.41) is 7.16. The molecule has 94 valence electrons. The minimum atomic E-state index is -0.375. The van der Waals surface area contributed by atoms with Crippen molar-refractivity contribution >= 4 is 0 Å². The Kier molecular flexibility index (Phi) is 3.02. The molecule has 0 aromatic carbocycles. The zero-order valence-corrected chi connectivity index (χ0v) is 9.77. The van der Waals surface area contributed by atoms with Crippen LogP contribution < -0.4 is 5.32 Å². The topological polar surface area (TPSA) is 63.8 Å². The van der Waals surface area contributed by atoms with E-state index in [-0.39, 0.29) is 5.82 Å². The first-order valence-corrected chi connectivity index (χ1v) is 5.96. The molecule has 0 aliphatic carbocycles. The highest BCUT2D eigenvalue weighted by Gasteiger charge is 2.19. The van der Waals surface area contributed by atoms with Crippen LogP contribution in [0.15, 0.2) is 22.9 Å². The van der Waals surface area contributed by atoms with Crippen molar-refractivity contribution < 1.29 is 8.91 Å². The molecule has 1 fully saturated rings. The highest BCUT2D eigenvalue weighted by Crippen LogP contribution is 2.17. The second-order valence-corrected chi connectivity index (χ2v) is 4.44. The Balaban J connectivity index is 1.74. The first-order valence-electron chi connectivity index (χ1n) is 5.96. The van der Waals surface area contributed by atoms with E-state index in [0.717, 1.165) is 32.1 Å². The van der Waals surface area contributed by atoms with Crippen LogP contribution >= 0.6 is 0 Å². The highest BCUT2D eigenvalue weighted by atomic mass is 19.1. The lowest BCUT2D eigenvalue weighted by molar-refractivity contribution is 0.358. The molecule has 3 heterocycles. The number of pyridine rings is 1. The molecule has 1 unspecified atom stereocenters. The molecular formula is C12H13FN4O. The summed E-state index contributed by atoms with van der Waals surface area (Å²) in [5.74, 6) is 1.21. The van der Waals surface area contributed by atoms with Crippen molar-refractivity contribution in [2.75, 3.05) is 13.1 Å². The average molecular weight is 248 g/mol. The summed E-state index contributed by atoms with van der Waals surface area (Å²) in [4.78, 5) is 8.20. The lowest BCUT2D eigenvalue weighted by Gasteiger charge is -2.01. The predicted molar refractivity (Wildman–Crippen MR) is 62.2 cm³/mol. The summed E-state index contributed by atoms with van der Waals surface area (Å²) in [6.45, 7) is 2.04. The van der Waals surface area contributed by atoms with Gasteiger partial charge < -0.3 is 9.84 Å². The van der Waals surface area contributed by atoms with Gasteiger partial charge in [-0.05, 0) is 37.6 Å². The van der Waals surface area contributed by atoms with Crippen LogP contribution in [0.1, 0.15) is 12.3 Å². The Morgan fingerprint density at radius 1 is 1.44 bits per heavy atom. The van der Waals surface area contributed by atoms with Crippen LogP contribution in [-0.4, -0.2) is 28.2 Å². The Morgan fingerprint density at radius 3 is 3.11 bits per heavy atom. The van der Waals surface area contributed by atoms with Crippen LogP contribution in [0.25, 0.3) is 11.5 Å². The van der Waals surface area contributed by atoms with E-state index in [1.807, 2.05) is 0 Å². The van der Waals surface area contributed by atoms with Crippen molar-refractivity contribution in [3.8, 4) is 11.5 Å². The third kappa shape index (κ3) is 2.38. The van der Waals surface area contributed by atoms with Crippen LogP contribution in [0, 0.1) is 11.7 Å². The molecule has 0 radical (unpaired) electrons. The van der Waals surface area contributed by atoms with Crippen LogP contribution in [0.3, 0.4) is 0 Å². The monoisotopic (exact) mass is 248 g/mol. The summed E-state index contributed by atoms with van der Waals surface area (Å²) in [6.07, 6.45) is 3.06. The zero-order chi connectivity index (χ0) is 12.4. The number of nitrogens with zero attached hydrogens (tertiary/aromatic N) is 3. The number of halogens is 1. The van der Waals surface area contributed by atoms with Gasteiger partial charge in [-0.1, -0.05) is 5.16 Å². The van der Waals surface area contributed by atoms with Gasteiger partial charge >= 0.3 is 0 Å². The van der Waals surface area contributed by atoms with E-state index in [9.17, 15) is 4.39 Å². The quantitative estimate of drug-likeness (QED) is 0.890. The van der Waals surface area contributed by atoms with Gasteiger partial charge in [-0.2, -0.15) is 4.98 Å². The van der Waals surface area contributed by atoms with Gasteiger partial charge in [0.15, 0.2) is 0 Å². The van der Waals surface area contributed by atoms with Crippen LogP contribution in [-0.2, 0) is 6.42 Å². The lowest BCUT2D eigenvalue weighted by atomic mass is 10.1. The summed E-state index contributed by atoms with van der Waals surface area (Å²) in [7, 11) is 0. The fourth-order valence-corrected chi connectivity index (χ4v) is 2.09. The Hall–Kier alpha value is -1.82. The molecule has 0 bridgehead atoms. The second kappa shape index (κ2) is 4.81. The predicted octanol–water partition coefficient (Wildman–Crippen LogP) is 1.42. The molecule has 2 aromatic rings. The highest BCUT2D eigenvalue weighted by molar-refractivity contribution is 5.47. The summed E-state index contributed by atoms with van der Waals surface area (Å²) in [6, 6.07) is 2.88. The van der Waals surface area contributed by atoms with E-state index in [1.54, 1.807) is 6.07 Å². The molecule has 1 N–H and O–H groups in total. The van der Waals surface area contributed by atoms with E-state index in [0.29, 0.717) is 23.3 Å². The van der Waals surface area contributed by atoms with Gasteiger partial charge in [-0.3, -0.25) is 0 Å². The normalized spacial score (nSPS) is 19.3. The Labute approximate surface area is 103 Å². The molecule has 0 saturated carbocycles. The Morgan fingerprint density at radius 2 is 2.39 bits per heavy atom. The fourth-order valence-electron chi connectivity index (χ4n) is 2.09. The van der Waals surface area contributed by atoms with Crippen molar-refractivity contribution in [1.82, 2.24) is 20.4 Å². The van der Waals surface area contributed by atoms with Crippen molar-refractivity contribution in [2.24, 2.45) is 5.92 Å². The molecule has 1 aliphatic rings. The Bertz CT molecular complexity index is 519. The van der Waals surface area contributed by atoms with Gasteiger partial charge in [0.05, 0.1) is 6.20 Å². The minimum Gasteiger partial charge on any atom is -0.339 e. The van der Waals surface area contributed by atoms with Crippen LogP contribution in [0.4, 0.5) is 4.39 Å². The maximum absolute atomic E-state index is 12.7. The maximum Gasteiger partial charge on any atom is 0.227 e. The first kappa shape index (κ1) is 11.3. The summed E-state index contributed by atoms with van der Waals surface area (Å²) in [5.41, 5.74) is 0.524. The number of hydrogen-bond donors (Lipinski definition) is 1. The van der Waals surface area contributed by atoms with Crippen molar-refractivity contribution in [1.29, 1.82) is 0 Å². The van der Waals surface area contributed by atoms with Crippen molar-refractivity contribution in [3.63, 3.8) is 0 Å². The van der Waals surface area contributed by atoms with E-state index in [4.69, 9.17) is 4.52 Å². The largest absolute Gasteiger partial charge is 0.339 e. The van der Waals surface area contributed by atoms with Gasteiger partial charge in [0.2, 0.25) is 11.7 Å². The molecule has 2 aromatic heterocycles. The standard InChI is InChI=1S/C12H13FN4O/c13-9-1-2-10(15-7-9)12-16-11(18-17-12)5-8-3-4-14-6-8/h1-2,7-8,14H,3-6H2. The zero-order valence-electron chi connectivity index (χ0n) is 9.77. The molecule has 1 saturated heterocycles. The number of hydrogen-bond acceptors (Lipinski definition) is 5. The second-order valence-electron chi connectivity index (χ2n) is 4.44. The molecule has 6 heteroatoms. The van der Waals surface area contributed by atoms with Gasteiger partial charge in [0, 0.05) is 6.42 Å². The van der Waals surface area contributed by atoms with Gasteiger partial charge in [-0.25, -0.2) is 9.37 Å². The van der Waals surface area contributed by atoms with Crippen LogP contribution in [0.5, 0.6) is 0 Å². The third-order valence-electron chi connectivity index (χ3n) is 3.05.